The van der Waals surface area contributed by atoms with Crippen LogP contribution < -0.4 is 0 Å². The lowest BCUT2D eigenvalue weighted by Gasteiger charge is -2.36. The predicted octanol–water partition coefficient (Wildman–Crippen LogP) is 3.21. The SMILES string of the molecule is CC1CCC(C)N(CCCCCS)C1. The molecule has 2 unspecified atom stereocenters. The summed E-state index contributed by atoms with van der Waals surface area (Å²) in [5.74, 6) is 1.96. The molecule has 0 aromatic rings. The van der Waals surface area contributed by atoms with E-state index in [1.165, 1.54) is 45.2 Å². The van der Waals surface area contributed by atoms with E-state index < -0.39 is 0 Å². The molecule has 1 heterocycles. The van der Waals surface area contributed by atoms with Crippen LogP contribution in [0.5, 0.6) is 0 Å². The average Bonchev–Trinajstić information content (AvgIpc) is 2.18. The largest absolute Gasteiger partial charge is 0.300 e. The summed E-state index contributed by atoms with van der Waals surface area (Å²) >= 11 is 4.24. The lowest BCUT2D eigenvalue weighted by molar-refractivity contribution is 0.123. The Morgan fingerprint density at radius 2 is 1.93 bits per heavy atom. The first-order valence-corrected chi connectivity index (χ1v) is 6.72. The third-order valence-electron chi connectivity index (χ3n) is 3.35. The van der Waals surface area contributed by atoms with Gasteiger partial charge in [0.2, 0.25) is 0 Å². The van der Waals surface area contributed by atoms with Crippen molar-refractivity contribution in [2.45, 2.75) is 52.0 Å². The van der Waals surface area contributed by atoms with E-state index in [0.29, 0.717) is 0 Å². The fourth-order valence-corrected chi connectivity index (χ4v) is 2.52. The molecule has 0 bridgehead atoms. The van der Waals surface area contributed by atoms with E-state index >= 15 is 0 Å². The Morgan fingerprint density at radius 1 is 1.14 bits per heavy atom. The van der Waals surface area contributed by atoms with Gasteiger partial charge in [0, 0.05) is 12.6 Å². The summed E-state index contributed by atoms with van der Waals surface area (Å²) in [6, 6.07) is 0.821. The van der Waals surface area contributed by atoms with Crippen LogP contribution in [0.1, 0.15) is 46.0 Å². The maximum Gasteiger partial charge on any atom is 0.00671 e. The summed E-state index contributed by atoms with van der Waals surface area (Å²) in [6.45, 7) is 7.39. The number of hydrogen-bond acceptors (Lipinski definition) is 2. The molecule has 1 aliphatic heterocycles. The number of unbranched alkanes of at least 4 members (excludes halogenated alkanes) is 2. The van der Waals surface area contributed by atoms with Crippen LogP contribution in [0.15, 0.2) is 0 Å². The molecule has 84 valence electrons. The fraction of sp³-hybridized carbons (Fsp3) is 1.00. The van der Waals surface area contributed by atoms with Crippen molar-refractivity contribution >= 4 is 12.6 Å². The Bertz CT molecular complexity index is 149. The summed E-state index contributed by atoms with van der Waals surface area (Å²) in [5, 5.41) is 0. The van der Waals surface area contributed by atoms with E-state index in [0.717, 1.165) is 17.7 Å². The van der Waals surface area contributed by atoms with Gasteiger partial charge in [-0.3, -0.25) is 0 Å². The Balaban J connectivity index is 2.14. The second-order valence-electron chi connectivity index (χ2n) is 4.81. The standard InChI is InChI=1S/C12H25NS/c1-11-6-7-12(2)13(10-11)8-4-3-5-9-14/h11-12,14H,3-10H2,1-2H3. The molecule has 0 aromatic heterocycles. The molecule has 2 heteroatoms. The van der Waals surface area contributed by atoms with Gasteiger partial charge in [-0.25, -0.2) is 0 Å². The van der Waals surface area contributed by atoms with E-state index in [-0.39, 0.29) is 0 Å². The van der Waals surface area contributed by atoms with Gasteiger partial charge in [-0.15, -0.1) is 0 Å². The van der Waals surface area contributed by atoms with Crippen molar-refractivity contribution in [3.05, 3.63) is 0 Å². The van der Waals surface area contributed by atoms with Crippen molar-refractivity contribution in [2.75, 3.05) is 18.8 Å². The van der Waals surface area contributed by atoms with Gasteiger partial charge in [0.15, 0.2) is 0 Å². The van der Waals surface area contributed by atoms with Gasteiger partial charge in [0.25, 0.3) is 0 Å². The fourth-order valence-electron chi connectivity index (χ4n) is 2.30. The molecule has 1 fully saturated rings. The van der Waals surface area contributed by atoms with E-state index in [2.05, 4.69) is 31.4 Å². The highest BCUT2D eigenvalue weighted by Crippen LogP contribution is 2.21. The molecule has 1 rings (SSSR count). The summed E-state index contributed by atoms with van der Waals surface area (Å²) in [7, 11) is 0. The predicted molar refractivity (Wildman–Crippen MR) is 67.1 cm³/mol. The minimum Gasteiger partial charge on any atom is -0.300 e. The smallest absolute Gasteiger partial charge is 0.00671 e. The molecule has 0 aromatic carbocycles. The quantitative estimate of drug-likeness (QED) is 0.544. The van der Waals surface area contributed by atoms with Crippen molar-refractivity contribution in [3.8, 4) is 0 Å². The molecule has 1 aliphatic rings. The number of hydrogen-bond donors (Lipinski definition) is 1. The zero-order valence-electron chi connectivity index (χ0n) is 9.71. The molecule has 2 atom stereocenters. The molecule has 0 N–H and O–H groups in total. The van der Waals surface area contributed by atoms with E-state index in [4.69, 9.17) is 0 Å². The van der Waals surface area contributed by atoms with Crippen LogP contribution in [0.3, 0.4) is 0 Å². The Kier molecular flexibility index (Phi) is 5.95. The third-order valence-corrected chi connectivity index (χ3v) is 3.67. The number of nitrogens with zero attached hydrogens (tertiary/aromatic N) is 1. The normalized spacial score (nSPS) is 29.4. The first kappa shape index (κ1) is 12.4. The van der Waals surface area contributed by atoms with Crippen LogP contribution in [-0.4, -0.2) is 29.8 Å². The van der Waals surface area contributed by atoms with Gasteiger partial charge < -0.3 is 4.90 Å². The van der Waals surface area contributed by atoms with E-state index in [1.807, 2.05) is 0 Å². The van der Waals surface area contributed by atoms with Crippen molar-refractivity contribution in [2.24, 2.45) is 5.92 Å². The van der Waals surface area contributed by atoms with Crippen LogP contribution in [0.25, 0.3) is 0 Å². The molecule has 14 heavy (non-hydrogen) atoms. The minimum absolute atomic E-state index is 0.821. The number of rotatable bonds is 5. The molecule has 0 amide bonds. The maximum absolute atomic E-state index is 4.24. The second-order valence-corrected chi connectivity index (χ2v) is 5.26. The first-order valence-electron chi connectivity index (χ1n) is 6.09. The third kappa shape index (κ3) is 4.22. The minimum atomic E-state index is 0.821. The van der Waals surface area contributed by atoms with Crippen molar-refractivity contribution < 1.29 is 0 Å². The molecule has 1 saturated heterocycles. The molecule has 0 saturated carbocycles. The van der Waals surface area contributed by atoms with E-state index in [1.54, 1.807) is 0 Å². The highest BCUT2D eigenvalue weighted by Gasteiger charge is 2.21. The van der Waals surface area contributed by atoms with Gasteiger partial charge in [-0.05, 0) is 50.8 Å². The Hall–Kier alpha value is 0.310. The summed E-state index contributed by atoms with van der Waals surface area (Å²) < 4.78 is 0. The lowest BCUT2D eigenvalue weighted by atomic mass is 9.95. The zero-order valence-corrected chi connectivity index (χ0v) is 10.6. The molecular formula is C12H25NS. The van der Waals surface area contributed by atoms with Gasteiger partial charge in [-0.2, -0.15) is 12.6 Å². The van der Waals surface area contributed by atoms with Gasteiger partial charge >= 0.3 is 0 Å². The highest BCUT2D eigenvalue weighted by molar-refractivity contribution is 7.80. The Labute approximate surface area is 94.7 Å². The zero-order chi connectivity index (χ0) is 10.4. The van der Waals surface area contributed by atoms with Crippen molar-refractivity contribution in [3.63, 3.8) is 0 Å². The van der Waals surface area contributed by atoms with Crippen LogP contribution in [-0.2, 0) is 0 Å². The topological polar surface area (TPSA) is 3.24 Å². The Morgan fingerprint density at radius 3 is 2.64 bits per heavy atom. The molecular weight excluding hydrogens is 190 g/mol. The van der Waals surface area contributed by atoms with Gasteiger partial charge in [0.05, 0.1) is 0 Å². The number of likely N-dealkylation sites (tertiary alicyclic amines) is 1. The first-order chi connectivity index (χ1) is 6.74. The van der Waals surface area contributed by atoms with Gasteiger partial charge in [0.1, 0.15) is 0 Å². The average molecular weight is 215 g/mol. The number of piperidine rings is 1. The lowest BCUT2D eigenvalue weighted by Crippen LogP contribution is -2.41. The van der Waals surface area contributed by atoms with Gasteiger partial charge in [-0.1, -0.05) is 13.3 Å². The van der Waals surface area contributed by atoms with Crippen molar-refractivity contribution in [1.29, 1.82) is 0 Å². The maximum atomic E-state index is 4.24. The van der Waals surface area contributed by atoms with Crippen LogP contribution >= 0.6 is 12.6 Å². The number of thiol groups is 1. The van der Waals surface area contributed by atoms with Crippen LogP contribution in [0.2, 0.25) is 0 Å². The molecule has 0 spiro atoms. The van der Waals surface area contributed by atoms with E-state index in [9.17, 15) is 0 Å². The monoisotopic (exact) mass is 215 g/mol. The summed E-state index contributed by atoms with van der Waals surface area (Å²) in [4.78, 5) is 2.67. The highest BCUT2D eigenvalue weighted by atomic mass is 32.1. The second kappa shape index (κ2) is 6.73. The van der Waals surface area contributed by atoms with Crippen LogP contribution in [0.4, 0.5) is 0 Å². The van der Waals surface area contributed by atoms with Crippen LogP contribution in [0, 0.1) is 5.92 Å². The molecule has 0 aliphatic carbocycles. The molecule has 1 nitrogen and oxygen atoms in total. The summed E-state index contributed by atoms with van der Waals surface area (Å²) in [5.41, 5.74) is 0. The molecule has 0 radical (unpaired) electrons. The van der Waals surface area contributed by atoms with Crippen molar-refractivity contribution in [1.82, 2.24) is 4.90 Å². The summed E-state index contributed by atoms with van der Waals surface area (Å²) in [6.07, 6.45) is 6.81.